The number of nitrogens with zero attached hydrogens (tertiary/aromatic N) is 3. The molecule has 2 rings (SSSR count). The number of aromatic nitrogens is 2. The van der Waals surface area contributed by atoms with E-state index >= 15 is 0 Å². The van der Waals surface area contributed by atoms with Gasteiger partial charge in [0.2, 0.25) is 5.78 Å². The molecule has 1 aliphatic rings. The van der Waals surface area contributed by atoms with Crippen LogP contribution in [-0.4, -0.2) is 29.1 Å². The number of hydrogen-bond acceptors (Lipinski definition) is 5. The van der Waals surface area contributed by atoms with Crippen molar-refractivity contribution in [3.8, 4) is 0 Å². The van der Waals surface area contributed by atoms with Gasteiger partial charge in [-0.15, -0.1) is 5.10 Å². The van der Waals surface area contributed by atoms with Gasteiger partial charge in [0.1, 0.15) is 0 Å². The van der Waals surface area contributed by atoms with Crippen LogP contribution in [0.25, 0.3) is 0 Å². The van der Waals surface area contributed by atoms with E-state index in [1.165, 1.54) is 12.5 Å². The molecule has 114 valence electrons. The molecular weight excluding hydrogens is 266 g/mol. The largest absolute Gasteiger partial charge is 0.400 e. The van der Waals surface area contributed by atoms with Gasteiger partial charge in [-0.2, -0.15) is 0 Å². The molecule has 5 nitrogen and oxygen atoms in total. The van der Waals surface area contributed by atoms with E-state index in [1.807, 2.05) is 6.92 Å². The zero-order valence-corrected chi connectivity index (χ0v) is 13.0. The van der Waals surface area contributed by atoms with Crippen LogP contribution in [0.1, 0.15) is 50.7 Å². The Bertz CT molecular complexity index is 545. The Morgan fingerprint density at radius 1 is 1.29 bits per heavy atom. The molecule has 5 heteroatoms. The standard InChI is InChI=1S/C16H23N3O2/c1-4-7-13(5-2)14-8-6-10-19(11-9-14)16-18-17-15(21-16)12(3)20/h4-5,7,14H,6,8-11H2,1-3H3. The van der Waals surface area contributed by atoms with Crippen LogP contribution in [0.5, 0.6) is 0 Å². The van der Waals surface area contributed by atoms with Gasteiger partial charge in [-0.05, 0) is 44.6 Å². The SMILES string of the molecule is CC=CC(=CC)C1CCCN(c2nnc(C(C)=O)o2)CC1. The summed E-state index contributed by atoms with van der Waals surface area (Å²) in [6.07, 6.45) is 9.78. The zero-order valence-electron chi connectivity index (χ0n) is 13.0. The first kappa shape index (κ1) is 15.5. The molecule has 1 unspecified atom stereocenters. The summed E-state index contributed by atoms with van der Waals surface area (Å²) in [5, 5.41) is 7.78. The zero-order chi connectivity index (χ0) is 15.2. The molecule has 0 spiro atoms. The van der Waals surface area contributed by atoms with E-state index in [0.717, 1.165) is 32.4 Å². The van der Waals surface area contributed by atoms with Gasteiger partial charge < -0.3 is 9.32 Å². The van der Waals surface area contributed by atoms with Crippen LogP contribution < -0.4 is 4.90 Å². The van der Waals surface area contributed by atoms with Gasteiger partial charge in [-0.1, -0.05) is 23.3 Å². The molecule has 0 saturated carbocycles. The van der Waals surface area contributed by atoms with Crippen molar-refractivity contribution in [2.24, 2.45) is 5.92 Å². The molecule has 2 heterocycles. The number of anilines is 1. The average molecular weight is 289 g/mol. The fraction of sp³-hybridized carbons (Fsp3) is 0.562. The summed E-state index contributed by atoms with van der Waals surface area (Å²) in [5.41, 5.74) is 1.40. The molecule has 1 aromatic rings. The molecule has 0 N–H and O–H groups in total. The van der Waals surface area contributed by atoms with Gasteiger partial charge in [0.05, 0.1) is 0 Å². The number of carbonyl (C=O) groups is 1. The third-order valence-electron chi connectivity index (χ3n) is 3.88. The molecule has 0 amide bonds. The Labute approximate surface area is 125 Å². The Morgan fingerprint density at radius 2 is 2.10 bits per heavy atom. The highest BCUT2D eigenvalue weighted by Crippen LogP contribution is 2.27. The topological polar surface area (TPSA) is 59.2 Å². The highest BCUT2D eigenvalue weighted by Gasteiger charge is 2.22. The molecule has 0 bridgehead atoms. The van der Waals surface area contributed by atoms with Crippen LogP contribution in [-0.2, 0) is 0 Å². The average Bonchev–Trinajstić information content (AvgIpc) is 2.84. The molecule has 0 aromatic carbocycles. The van der Waals surface area contributed by atoms with Gasteiger partial charge in [0, 0.05) is 20.0 Å². The summed E-state index contributed by atoms with van der Waals surface area (Å²) < 4.78 is 5.44. The molecule has 1 fully saturated rings. The lowest BCUT2D eigenvalue weighted by molar-refractivity contribution is 0.0981. The molecule has 1 saturated heterocycles. The van der Waals surface area contributed by atoms with Gasteiger partial charge in [0.15, 0.2) is 0 Å². The lowest BCUT2D eigenvalue weighted by Crippen LogP contribution is -2.24. The number of hydrogen-bond donors (Lipinski definition) is 0. The number of ketones is 1. The van der Waals surface area contributed by atoms with E-state index in [1.54, 1.807) is 0 Å². The minimum atomic E-state index is -0.189. The molecule has 21 heavy (non-hydrogen) atoms. The fourth-order valence-electron chi connectivity index (χ4n) is 2.77. The number of Topliss-reactive ketones (excluding diaryl/α,β-unsaturated/α-hetero) is 1. The Morgan fingerprint density at radius 3 is 2.71 bits per heavy atom. The normalized spacial score (nSPS) is 20.8. The lowest BCUT2D eigenvalue weighted by Gasteiger charge is -2.18. The minimum absolute atomic E-state index is 0.0915. The smallest absolute Gasteiger partial charge is 0.318 e. The fourth-order valence-corrected chi connectivity index (χ4v) is 2.77. The van der Waals surface area contributed by atoms with E-state index in [0.29, 0.717) is 11.9 Å². The van der Waals surface area contributed by atoms with Crippen molar-refractivity contribution in [1.29, 1.82) is 0 Å². The Hall–Kier alpha value is -1.91. The maximum Gasteiger partial charge on any atom is 0.318 e. The molecule has 1 aromatic heterocycles. The van der Waals surface area contributed by atoms with E-state index in [2.05, 4.69) is 40.2 Å². The third kappa shape index (κ3) is 3.80. The van der Waals surface area contributed by atoms with E-state index in [4.69, 9.17) is 4.42 Å². The van der Waals surface area contributed by atoms with Crippen molar-refractivity contribution >= 4 is 11.8 Å². The van der Waals surface area contributed by atoms with Crippen LogP contribution in [0, 0.1) is 5.92 Å². The van der Waals surface area contributed by atoms with Crippen LogP contribution in [0.3, 0.4) is 0 Å². The van der Waals surface area contributed by atoms with Gasteiger partial charge in [0.25, 0.3) is 5.89 Å². The number of carbonyl (C=O) groups excluding carboxylic acids is 1. The molecule has 1 atom stereocenters. The second kappa shape index (κ2) is 7.20. The molecule has 1 aliphatic heterocycles. The molecular formula is C16H23N3O2. The van der Waals surface area contributed by atoms with E-state index in [-0.39, 0.29) is 11.7 Å². The highest BCUT2D eigenvalue weighted by molar-refractivity contribution is 5.89. The first-order valence-corrected chi connectivity index (χ1v) is 7.54. The van der Waals surface area contributed by atoms with E-state index in [9.17, 15) is 4.79 Å². The summed E-state index contributed by atoms with van der Waals surface area (Å²) in [4.78, 5) is 13.3. The Kier molecular flexibility index (Phi) is 5.31. The van der Waals surface area contributed by atoms with Gasteiger partial charge in [-0.25, -0.2) is 0 Å². The molecule has 0 aliphatic carbocycles. The summed E-state index contributed by atoms with van der Waals surface area (Å²) in [7, 11) is 0. The highest BCUT2D eigenvalue weighted by atomic mass is 16.4. The van der Waals surface area contributed by atoms with Gasteiger partial charge in [-0.3, -0.25) is 4.79 Å². The van der Waals surface area contributed by atoms with Crippen LogP contribution >= 0.6 is 0 Å². The summed E-state index contributed by atoms with van der Waals surface area (Å²) >= 11 is 0. The third-order valence-corrected chi connectivity index (χ3v) is 3.88. The van der Waals surface area contributed by atoms with Crippen molar-refractivity contribution in [3.05, 3.63) is 29.7 Å². The van der Waals surface area contributed by atoms with Crippen LogP contribution in [0.2, 0.25) is 0 Å². The van der Waals surface area contributed by atoms with Crippen LogP contribution in [0.15, 0.2) is 28.2 Å². The van der Waals surface area contributed by atoms with Crippen molar-refractivity contribution < 1.29 is 9.21 Å². The predicted octanol–water partition coefficient (Wildman–Crippen LogP) is 3.40. The van der Waals surface area contributed by atoms with Crippen molar-refractivity contribution in [3.63, 3.8) is 0 Å². The summed E-state index contributed by atoms with van der Waals surface area (Å²) in [6.45, 7) is 7.34. The van der Waals surface area contributed by atoms with E-state index < -0.39 is 0 Å². The first-order valence-electron chi connectivity index (χ1n) is 7.54. The lowest BCUT2D eigenvalue weighted by atomic mass is 9.91. The Balaban J connectivity index is 2.04. The quantitative estimate of drug-likeness (QED) is 0.628. The van der Waals surface area contributed by atoms with Crippen LogP contribution in [0.4, 0.5) is 6.01 Å². The van der Waals surface area contributed by atoms with Gasteiger partial charge >= 0.3 is 6.01 Å². The van der Waals surface area contributed by atoms with Crippen molar-refractivity contribution in [2.75, 3.05) is 18.0 Å². The van der Waals surface area contributed by atoms with Crippen molar-refractivity contribution in [2.45, 2.75) is 40.0 Å². The number of rotatable bonds is 4. The van der Waals surface area contributed by atoms with Crippen molar-refractivity contribution in [1.82, 2.24) is 10.2 Å². The first-order chi connectivity index (χ1) is 10.2. The monoisotopic (exact) mass is 289 g/mol. The second-order valence-corrected chi connectivity index (χ2v) is 5.35. The second-order valence-electron chi connectivity index (χ2n) is 5.35. The maximum absolute atomic E-state index is 11.2. The summed E-state index contributed by atoms with van der Waals surface area (Å²) in [6, 6.07) is 0.467. The minimum Gasteiger partial charge on any atom is -0.400 e. The number of allylic oxidation sites excluding steroid dienone is 4. The predicted molar refractivity (Wildman–Crippen MR) is 82.4 cm³/mol. The molecule has 0 radical (unpaired) electrons. The maximum atomic E-state index is 11.2. The summed E-state index contributed by atoms with van der Waals surface area (Å²) in [5.74, 6) is 0.478.